The molecule has 0 aromatic heterocycles. The lowest BCUT2D eigenvalue weighted by Crippen LogP contribution is -2.55. The van der Waals surface area contributed by atoms with Gasteiger partial charge in [0.1, 0.15) is 11.5 Å². The summed E-state index contributed by atoms with van der Waals surface area (Å²) >= 11 is 0. The van der Waals surface area contributed by atoms with Gasteiger partial charge in [-0.3, -0.25) is 4.79 Å². The van der Waals surface area contributed by atoms with Gasteiger partial charge >= 0.3 is 5.97 Å². The molecule has 0 spiro atoms. The first-order valence-corrected chi connectivity index (χ1v) is 5.99. The molecule has 1 heterocycles. The van der Waals surface area contributed by atoms with Crippen molar-refractivity contribution in [3.8, 4) is 11.5 Å². The number of nitrogens with one attached hydrogen (secondary N) is 1. The highest BCUT2D eigenvalue weighted by molar-refractivity contribution is 6.00. The van der Waals surface area contributed by atoms with Crippen molar-refractivity contribution in [3.05, 3.63) is 23.8 Å². The minimum atomic E-state index is -1.45. The monoisotopic (exact) mass is 281 g/mol. The lowest BCUT2D eigenvalue weighted by atomic mass is 9.98. The molecule has 3 N–H and O–H groups in total. The number of benzene rings is 1. The molecule has 0 bridgehead atoms. The molecule has 1 aliphatic rings. The molecule has 20 heavy (non-hydrogen) atoms. The van der Waals surface area contributed by atoms with Crippen molar-refractivity contribution in [2.75, 3.05) is 20.3 Å². The summed E-state index contributed by atoms with van der Waals surface area (Å²) in [6.45, 7) is 0.162. The Morgan fingerprint density at radius 2 is 2.20 bits per heavy atom. The molecule has 1 aromatic rings. The Hall–Kier alpha value is -2.28. The van der Waals surface area contributed by atoms with Crippen molar-refractivity contribution in [1.29, 1.82) is 0 Å². The summed E-state index contributed by atoms with van der Waals surface area (Å²) in [7, 11) is 1.43. The van der Waals surface area contributed by atoms with Crippen molar-refractivity contribution in [3.63, 3.8) is 0 Å². The molecule has 1 aromatic carbocycles. The summed E-state index contributed by atoms with van der Waals surface area (Å²) in [5.74, 6) is -1.71. The standard InChI is InChI=1S/C13H15NO6/c1-19-8-2-3-10(15)9(6-8)11(16)14-13(12(17)18)4-5-20-7-13/h2-3,6,15H,4-5,7H2,1H3,(H,14,16)(H,17,18). The van der Waals surface area contributed by atoms with Crippen LogP contribution in [0.3, 0.4) is 0 Å². The second-order valence-corrected chi connectivity index (χ2v) is 4.53. The maximum atomic E-state index is 12.2. The minimum absolute atomic E-state index is 0.0446. The van der Waals surface area contributed by atoms with E-state index in [-0.39, 0.29) is 30.9 Å². The highest BCUT2D eigenvalue weighted by Gasteiger charge is 2.44. The molecule has 1 fully saturated rings. The van der Waals surface area contributed by atoms with Crippen LogP contribution in [-0.4, -0.2) is 48.0 Å². The Balaban J connectivity index is 2.25. The fourth-order valence-corrected chi connectivity index (χ4v) is 1.99. The Bertz CT molecular complexity index is 536. The summed E-state index contributed by atoms with van der Waals surface area (Å²) < 4.78 is 10.0. The molecule has 0 radical (unpaired) electrons. The molecule has 1 aliphatic heterocycles. The Labute approximate surface area is 115 Å². The number of aliphatic carboxylic acids is 1. The van der Waals surface area contributed by atoms with Crippen LogP contribution in [0.2, 0.25) is 0 Å². The largest absolute Gasteiger partial charge is 0.507 e. The molecule has 7 heteroatoms. The molecule has 0 saturated carbocycles. The van der Waals surface area contributed by atoms with Crippen LogP contribution in [0.15, 0.2) is 18.2 Å². The van der Waals surface area contributed by atoms with Gasteiger partial charge in [0.05, 0.1) is 19.3 Å². The van der Waals surface area contributed by atoms with Gasteiger partial charge in [-0.05, 0) is 18.2 Å². The Morgan fingerprint density at radius 3 is 2.75 bits per heavy atom. The first kappa shape index (κ1) is 14.1. The van der Waals surface area contributed by atoms with Gasteiger partial charge in [0.15, 0.2) is 5.54 Å². The summed E-state index contributed by atoms with van der Waals surface area (Å²) in [5, 5.41) is 21.4. The first-order chi connectivity index (χ1) is 9.48. The van der Waals surface area contributed by atoms with Crippen molar-refractivity contribution in [2.24, 2.45) is 0 Å². The number of carbonyl (C=O) groups is 2. The van der Waals surface area contributed by atoms with Crippen LogP contribution >= 0.6 is 0 Å². The number of rotatable bonds is 4. The maximum absolute atomic E-state index is 12.2. The van der Waals surface area contributed by atoms with E-state index in [0.29, 0.717) is 5.75 Å². The van der Waals surface area contributed by atoms with Crippen LogP contribution in [0.5, 0.6) is 11.5 Å². The van der Waals surface area contributed by atoms with E-state index in [9.17, 15) is 19.8 Å². The fourth-order valence-electron chi connectivity index (χ4n) is 1.99. The van der Waals surface area contributed by atoms with Gasteiger partial charge in [-0.2, -0.15) is 0 Å². The number of phenolic OH excluding ortho intramolecular Hbond substituents is 1. The third kappa shape index (κ3) is 2.53. The van der Waals surface area contributed by atoms with E-state index in [1.54, 1.807) is 0 Å². The van der Waals surface area contributed by atoms with Crippen molar-refractivity contribution >= 4 is 11.9 Å². The lowest BCUT2D eigenvalue weighted by molar-refractivity contribution is -0.144. The van der Waals surface area contributed by atoms with Gasteiger partial charge in [0.25, 0.3) is 5.91 Å². The number of carboxylic acids is 1. The van der Waals surface area contributed by atoms with Crippen LogP contribution in [0, 0.1) is 0 Å². The average Bonchev–Trinajstić information content (AvgIpc) is 2.89. The molecule has 1 amide bonds. The van der Waals surface area contributed by atoms with Gasteiger partial charge in [0, 0.05) is 13.0 Å². The topological polar surface area (TPSA) is 105 Å². The average molecular weight is 281 g/mol. The number of aromatic hydroxyl groups is 1. The smallest absolute Gasteiger partial charge is 0.331 e. The van der Waals surface area contributed by atoms with Crippen molar-refractivity contribution in [1.82, 2.24) is 5.32 Å². The quantitative estimate of drug-likeness (QED) is 0.736. The predicted molar refractivity (Wildman–Crippen MR) is 67.9 cm³/mol. The highest BCUT2D eigenvalue weighted by atomic mass is 16.5. The number of ether oxygens (including phenoxy) is 2. The van der Waals surface area contributed by atoms with Gasteiger partial charge in [-0.25, -0.2) is 4.79 Å². The van der Waals surface area contributed by atoms with E-state index in [1.807, 2.05) is 0 Å². The van der Waals surface area contributed by atoms with Gasteiger partial charge in [-0.1, -0.05) is 0 Å². The number of carboxylic acid groups (broad SMARTS) is 1. The maximum Gasteiger partial charge on any atom is 0.331 e. The van der Waals surface area contributed by atoms with E-state index in [1.165, 1.54) is 25.3 Å². The van der Waals surface area contributed by atoms with E-state index >= 15 is 0 Å². The molecule has 1 unspecified atom stereocenters. The van der Waals surface area contributed by atoms with Crippen molar-refractivity contribution < 1.29 is 29.3 Å². The molecular weight excluding hydrogens is 266 g/mol. The third-order valence-corrected chi connectivity index (χ3v) is 3.23. The van der Waals surface area contributed by atoms with Crippen LogP contribution < -0.4 is 10.1 Å². The number of hydrogen-bond acceptors (Lipinski definition) is 5. The molecule has 0 aliphatic carbocycles. The number of amides is 1. The molecule has 1 atom stereocenters. The zero-order chi connectivity index (χ0) is 14.8. The summed E-state index contributed by atoms with van der Waals surface area (Å²) in [5.41, 5.74) is -1.50. The highest BCUT2D eigenvalue weighted by Crippen LogP contribution is 2.25. The van der Waals surface area contributed by atoms with E-state index < -0.39 is 17.4 Å². The molecule has 108 valence electrons. The number of hydrogen-bond donors (Lipinski definition) is 3. The number of carbonyl (C=O) groups excluding carboxylic acids is 1. The van der Waals surface area contributed by atoms with Gasteiger partial charge in [-0.15, -0.1) is 0 Å². The summed E-state index contributed by atoms with van der Waals surface area (Å²) in [6.07, 6.45) is 0.179. The van der Waals surface area contributed by atoms with Crippen LogP contribution in [0.4, 0.5) is 0 Å². The summed E-state index contributed by atoms with van der Waals surface area (Å²) in [6, 6.07) is 4.15. The summed E-state index contributed by atoms with van der Waals surface area (Å²) in [4.78, 5) is 23.5. The van der Waals surface area contributed by atoms with E-state index in [2.05, 4.69) is 5.32 Å². The minimum Gasteiger partial charge on any atom is -0.507 e. The van der Waals surface area contributed by atoms with Crippen molar-refractivity contribution in [2.45, 2.75) is 12.0 Å². The van der Waals surface area contributed by atoms with Crippen LogP contribution in [-0.2, 0) is 9.53 Å². The molecule has 2 rings (SSSR count). The van der Waals surface area contributed by atoms with Crippen LogP contribution in [0.1, 0.15) is 16.8 Å². The zero-order valence-electron chi connectivity index (χ0n) is 10.9. The van der Waals surface area contributed by atoms with Gasteiger partial charge in [0.2, 0.25) is 0 Å². The number of phenols is 1. The SMILES string of the molecule is COc1ccc(O)c(C(=O)NC2(C(=O)O)CCOC2)c1. The van der Waals surface area contributed by atoms with E-state index in [4.69, 9.17) is 9.47 Å². The fraction of sp³-hybridized carbons (Fsp3) is 0.385. The Kier molecular flexibility index (Phi) is 3.80. The van der Waals surface area contributed by atoms with Crippen LogP contribution in [0.25, 0.3) is 0 Å². The predicted octanol–water partition coefficient (Wildman–Crippen LogP) is 0.374. The number of methoxy groups -OCH3 is 1. The molecule has 7 nitrogen and oxygen atoms in total. The molecule has 1 saturated heterocycles. The second kappa shape index (κ2) is 5.38. The first-order valence-electron chi connectivity index (χ1n) is 5.99. The Morgan fingerprint density at radius 1 is 1.45 bits per heavy atom. The molecular formula is C13H15NO6. The second-order valence-electron chi connectivity index (χ2n) is 4.53. The lowest BCUT2D eigenvalue weighted by Gasteiger charge is -2.23. The third-order valence-electron chi connectivity index (χ3n) is 3.23. The van der Waals surface area contributed by atoms with Gasteiger partial charge < -0.3 is 25.0 Å². The normalized spacial score (nSPS) is 21.4. The van der Waals surface area contributed by atoms with E-state index in [0.717, 1.165) is 0 Å². The zero-order valence-corrected chi connectivity index (χ0v) is 10.9.